The van der Waals surface area contributed by atoms with Gasteiger partial charge in [0.15, 0.2) is 0 Å². The van der Waals surface area contributed by atoms with Crippen molar-refractivity contribution in [1.29, 1.82) is 0 Å². The molecule has 2 rings (SSSR count). The van der Waals surface area contributed by atoms with Crippen molar-refractivity contribution in [3.05, 3.63) is 46.6 Å². The number of hydrogen-bond acceptors (Lipinski definition) is 4. The molecule has 0 saturated heterocycles. The number of nitrogens with one attached hydrogen (secondary N) is 1. The third kappa shape index (κ3) is 3.76. The highest BCUT2D eigenvalue weighted by atomic mass is 79.9. The molecular weight excluding hydrogens is 316 g/mol. The summed E-state index contributed by atoms with van der Waals surface area (Å²) in [4.78, 5) is 13.4. The first-order valence-corrected chi connectivity index (χ1v) is 7.38. The minimum atomic E-state index is -0.0888. The molecule has 2 heterocycles. The number of pyridine rings is 1. The van der Waals surface area contributed by atoms with Crippen molar-refractivity contribution in [1.82, 2.24) is 15.0 Å². The normalized spacial score (nSPS) is 13.1. The summed E-state index contributed by atoms with van der Waals surface area (Å²) < 4.78 is 0.785. The quantitative estimate of drug-likeness (QED) is 0.858. The molecule has 0 radical (unpaired) electrons. The number of anilines is 1. The van der Waals surface area contributed by atoms with Crippen LogP contribution >= 0.6 is 15.9 Å². The minimum Gasteiger partial charge on any atom is -0.362 e. The first-order chi connectivity index (χ1) is 9.36. The van der Waals surface area contributed by atoms with E-state index in [4.69, 9.17) is 0 Å². The first kappa shape index (κ1) is 14.9. The van der Waals surface area contributed by atoms with E-state index >= 15 is 0 Å². The molecule has 0 saturated carbocycles. The Morgan fingerprint density at radius 3 is 2.55 bits per heavy atom. The molecule has 1 atom stereocenters. The lowest BCUT2D eigenvalue weighted by atomic mass is 9.96. The van der Waals surface area contributed by atoms with Gasteiger partial charge in [0.2, 0.25) is 0 Å². The molecule has 0 aromatic carbocycles. The summed E-state index contributed by atoms with van der Waals surface area (Å²) in [5.74, 6) is 1.61. The maximum absolute atomic E-state index is 4.59. The van der Waals surface area contributed by atoms with Crippen molar-refractivity contribution in [2.24, 2.45) is 0 Å². The molecule has 106 valence electrons. The van der Waals surface area contributed by atoms with E-state index in [-0.39, 0.29) is 11.5 Å². The molecule has 0 aliphatic rings. The highest BCUT2D eigenvalue weighted by molar-refractivity contribution is 9.10. The predicted octanol–water partition coefficient (Wildman–Crippen LogP) is 4.10. The Balaban J connectivity index is 2.24. The molecule has 0 amide bonds. The fourth-order valence-electron chi connectivity index (χ4n) is 1.75. The van der Waals surface area contributed by atoms with Crippen molar-refractivity contribution < 1.29 is 0 Å². The standard InChI is InChI=1S/C15H19BrN4/c1-10(11-7-5-6-8-17-11)18-13-9-12(16)19-14(20-13)15(2,3)4/h5-10H,1-4H3,(H,18,19,20). The Labute approximate surface area is 128 Å². The fourth-order valence-corrected chi connectivity index (χ4v) is 2.14. The third-order valence-electron chi connectivity index (χ3n) is 2.86. The average Bonchev–Trinajstić information content (AvgIpc) is 2.38. The van der Waals surface area contributed by atoms with Gasteiger partial charge in [0.05, 0.1) is 11.7 Å². The van der Waals surface area contributed by atoms with Crippen molar-refractivity contribution in [2.45, 2.75) is 39.2 Å². The number of halogens is 1. The van der Waals surface area contributed by atoms with Gasteiger partial charge in [-0.2, -0.15) is 0 Å². The van der Waals surface area contributed by atoms with Gasteiger partial charge in [-0.15, -0.1) is 0 Å². The van der Waals surface area contributed by atoms with Gasteiger partial charge in [0.1, 0.15) is 16.2 Å². The average molecular weight is 335 g/mol. The lowest BCUT2D eigenvalue weighted by Crippen LogP contribution is -2.18. The van der Waals surface area contributed by atoms with Gasteiger partial charge in [-0.25, -0.2) is 9.97 Å². The van der Waals surface area contributed by atoms with Crippen LogP contribution in [0.5, 0.6) is 0 Å². The minimum absolute atomic E-state index is 0.0887. The fraction of sp³-hybridized carbons (Fsp3) is 0.400. The third-order valence-corrected chi connectivity index (χ3v) is 3.27. The van der Waals surface area contributed by atoms with E-state index < -0.39 is 0 Å². The smallest absolute Gasteiger partial charge is 0.137 e. The summed E-state index contributed by atoms with van der Waals surface area (Å²) in [6, 6.07) is 7.87. The number of hydrogen-bond donors (Lipinski definition) is 1. The summed E-state index contributed by atoms with van der Waals surface area (Å²) in [5, 5.41) is 3.37. The molecule has 5 heteroatoms. The zero-order chi connectivity index (χ0) is 14.8. The molecule has 1 unspecified atom stereocenters. The van der Waals surface area contributed by atoms with Crippen LogP contribution in [-0.2, 0) is 5.41 Å². The van der Waals surface area contributed by atoms with Gasteiger partial charge >= 0.3 is 0 Å². The van der Waals surface area contributed by atoms with E-state index in [0.29, 0.717) is 0 Å². The summed E-state index contributed by atoms with van der Waals surface area (Å²) in [6.07, 6.45) is 1.80. The molecule has 2 aromatic rings. The Bertz CT molecular complexity index is 578. The van der Waals surface area contributed by atoms with E-state index in [1.54, 1.807) is 6.20 Å². The van der Waals surface area contributed by atoms with E-state index in [9.17, 15) is 0 Å². The summed E-state index contributed by atoms with van der Waals surface area (Å²) >= 11 is 3.44. The van der Waals surface area contributed by atoms with Crippen LogP contribution in [0.15, 0.2) is 35.1 Å². The Morgan fingerprint density at radius 2 is 1.95 bits per heavy atom. The second kappa shape index (κ2) is 5.87. The van der Waals surface area contributed by atoms with Crippen molar-refractivity contribution >= 4 is 21.7 Å². The van der Waals surface area contributed by atoms with E-state index in [1.165, 1.54) is 0 Å². The predicted molar refractivity (Wildman–Crippen MR) is 84.7 cm³/mol. The largest absolute Gasteiger partial charge is 0.362 e. The van der Waals surface area contributed by atoms with Crippen LogP contribution in [-0.4, -0.2) is 15.0 Å². The number of aromatic nitrogens is 3. The van der Waals surface area contributed by atoms with Crippen LogP contribution in [0.1, 0.15) is 45.3 Å². The SMILES string of the molecule is CC(Nc1cc(Br)nc(C(C)(C)C)n1)c1ccccn1. The van der Waals surface area contributed by atoms with Gasteiger partial charge in [-0.1, -0.05) is 26.8 Å². The molecule has 0 spiro atoms. The summed E-state index contributed by atoms with van der Waals surface area (Å²) in [7, 11) is 0. The number of rotatable bonds is 3. The molecule has 0 fully saturated rings. The molecule has 0 aliphatic carbocycles. The zero-order valence-electron chi connectivity index (χ0n) is 12.2. The maximum atomic E-state index is 4.59. The van der Waals surface area contributed by atoms with E-state index in [1.807, 2.05) is 24.3 Å². The van der Waals surface area contributed by atoms with Crippen LogP contribution in [0, 0.1) is 0 Å². The molecular formula is C15H19BrN4. The Kier molecular flexibility index (Phi) is 4.38. The molecule has 1 N–H and O–H groups in total. The van der Waals surface area contributed by atoms with Gasteiger partial charge < -0.3 is 5.32 Å². The summed E-state index contributed by atoms with van der Waals surface area (Å²) in [6.45, 7) is 8.36. The number of nitrogens with zero attached hydrogens (tertiary/aromatic N) is 3. The van der Waals surface area contributed by atoms with Gasteiger partial charge in [0, 0.05) is 17.7 Å². The topological polar surface area (TPSA) is 50.7 Å². The van der Waals surface area contributed by atoms with Crippen LogP contribution < -0.4 is 5.32 Å². The zero-order valence-corrected chi connectivity index (χ0v) is 13.8. The molecule has 0 bridgehead atoms. The van der Waals surface area contributed by atoms with Gasteiger partial charge in [-0.05, 0) is 35.0 Å². The second-order valence-corrected chi connectivity index (χ2v) is 6.58. The van der Waals surface area contributed by atoms with Crippen molar-refractivity contribution in [3.63, 3.8) is 0 Å². The van der Waals surface area contributed by atoms with E-state index in [0.717, 1.165) is 21.9 Å². The first-order valence-electron chi connectivity index (χ1n) is 6.59. The monoisotopic (exact) mass is 334 g/mol. The molecule has 4 nitrogen and oxygen atoms in total. The van der Waals surface area contributed by atoms with Crippen LogP contribution in [0.4, 0.5) is 5.82 Å². The Hall–Kier alpha value is -1.49. The van der Waals surface area contributed by atoms with Crippen molar-refractivity contribution in [3.8, 4) is 0 Å². The van der Waals surface area contributed by atoms with Crippen molar-refractivity contribution in [2.75, 3.05) is 5.32 Å². The van der Waals surface area contributed by atoms with Gasteiger partial charge in [0.25, 0.3) is 0 Å². The molecule has 0 aliphatic heterocycles. The van der Waals surface area contributed by atoms with Crippen LogP contribution in [0.2, 0.25) is 0 Å². The molecule has 20 heavy (non-hydrogen) atoms. The van der Waals surface area contributed by atoms with Crippen LogP contribution in [0.25, 0.3) is 0 Å². The van der Waals surface area contributed by atoms with E-state index in [2.05, 4.69) is 63.9 Å². The maximum Gasteiger partial charge on any atom is 0.137 e. The Morgan fingerprint density at radius 1 is 1.20 bits per heavy atom. The summed E-state index contributed by atoms with van der Waals surface area (Å²) in [5.41, 5.74) is 0.897. The van der Waals surface area contributed by atoms with Gasteiger partial charge in [-0.3, -0.25) is 4.98 Å². The van der Waals surface area contributed by atoms with Crippen LogP contribution in [0.3, 0.4) is 0 Å². The molecule has 2 aromatic heterocycles. The lowest BCUT2D eigenvalue weighted by Gasteiger charge is -2.19. The lowest BCUT2D eigenvalue weighted by molar-refractivity contribution is 0.543. The highest BCUT2D eigenvalue weighted by Gasteiger charge is 2.19. The second-order valence-electron chi connectivity index (χ2n) is 5.77. The highest BCUT2D eigenvalue weighted by Crippen LogP contribution is 2.24.